The van der Waals surface area contributed by atoms with E-state index in [9.17, 15) is 14.7 Å². The Morgan fingerprint density at radius 1 is 0.947 bits per heavy atom. The van der Waals surface area contributed by atoms with Gasteiger partial charge in [0.05, 0.1) is 13.2 Å². The molecular formula is C31H33NO6. The van der Waals surface area contributed by atoms with Gasteiger partial charge in [-0.15, -0.1) is 0 Å². The third kappa shape index (κ3) is 6.61. The van der Waals surface area contributed by atoms with Crippen LogP contribution in [0.25, 0.3) is 22.1 Å². The summed E-state index contributed by atoms with van der Waals surface area (Å²) in [6.07, 6.45) is 0.377. The first-order chi connectivity index (χ1) is 18.4. The molecule has 7 heteroatoms. The molecule has 1 aromatic heterocycles. The number of hydrogen-bond acceptors (Lipinski definition) is 5. The fraction of sp³-hybridized carbons (Fsp3) is 0.290. The maximum Gasteiger partial charge on any atom is 0.333 e. The summed E-state index contributed by atoms with van der Waals surface area (Å²) in [6, 6.07) is 22.8. The Labute approximate surface area is 222 Å². The highest BCUT2D eigenvalue weighted by Gasteiger charge is 2.18. The molecule has 198 valence electrons. The average molecular weight is 516 g/mol. The largest absolute Gasteiger partial charge is 0.494 e. The van der Waals surface area contributed by atoms with E-state index in [1.165, 1.54) is 0 Å². The van der Waals surface area contributed by atoms with Crippen molar-refractivity contribution in [1.82, 2.24) is 4.90 Å². The van der Waals surface area contributed by atoms with Gasteiger partial charge >= 0.3 is 5.97 Å². The molecule has 0 aliphatic carbocycles. The van der Waals surface area contributed by atoms with Gasteiger partial charge in [0, 0.05) is 31.2 Å². The quantitative estimate of drug-likeness (QED) is 0.242. The lowest BCUT2D eigenvalue weighted by Gasteiger charge is -2.16. The van der Waals surface area contributed by atoms with Crippen molar-refractivity contribution < 1.29 is 28.6 Å². The first-order valence-electron chi connectivity index (χ1n) is 12.8. The SMILES string of the molecule is CCCOc1ccc2cc(C(=O)N(C)Cc3ccc(-c4ccc(CC(OCC)C(=O)O)cc4)o3)ccc2c1. The molecule has 1 heterocycles. The van der Waals surface area contributed by atoms with Gasteiger partial charge in [0.2, 0.25) is 0 Å². The fourth-order valence-electron chi connectivity index (χ4n) is 4.25. The summed E-state index contributed by atoms with van der Waals surface area (Å²) in [6.45, 7) is 5.19. The maximum absolute atomic E-state index is 13.1. The van der Waals surface area contributed by atoms with Crippen LogP contribution in [-0.4, -0.2) is 48.2 Å². The highest BCUT2D eigenvalue weighted by atomic mass is 16.5. The van der Waals surface area contributed by atoms with E-state index in [1.807, 2.05) is 72.8 Å². The number of furan rings is 1. The number of fused-ring (bicyclic) bond motifs is 1. The standard InChI is InChI=1S/C31H33NO6/c1-4-16-37-26-13-12-23-18-25(11-10-24(23)19-26)30(33)32(3)20-27-14-15-28(38-27)22-8-6-21(7-9-22)17-29(31(34)35)36-5-2/h6-15,18-19,29H,4-5,16-17,20H2,1-3H3,(H,34,35). The van der Waals surface area contributed by atoms with Crippen LogP contribution >= 0.6 is 0 Å². The molecule has 4 aromatic rings. The number of carbonyl (C=O) groups excluding carboxylic acids is 1. The van der Waals surface area contributed by atoms with Gasteiger partial charge in [0.25, 0.3) is 5.91 Å². The van der Waals surface area contributed by atoms with Crippen molar-refractivity contribution in [3.05, 3.63) is 89.7 Å². The monoisotopic (exact) mass is 515 g/mol. The molecule has 7 nitrogen and oxygen atoms in total. The van der Waals surface area contributed by atoms with Gasteiger partial charge in [0.1, 0.15) is 17.3 Å². The lowest BCUT2D eigenvalue weighted by atomic mass is 10.0. The molecule has 1 atom stereocenters. The van der Waals surface area contributed by atoms with Crippen molar-refractivity contribution in [2.45, 2.75) is 39.3 Å². The average Bonchev–Trinajstić information content (AvgIpc) is 3.39. The highest BCUT2D eigenvalue weighted by molar-refractivity contribution is 5.98. The number of benzene rings is 3. The zero-order valence-corrected chi connectivity index (χ0v) is 22.0. The Morgan fingerprint density at radius 2 is 1.68 bits per heavy atom. The molecule has 0 aliphatic heterocycles. The van der Waals surface area contributed by atoms with E-state index in [-0.39, 0.29) is 5.91 Å². The number of carboxylic acid groups (broad SMARTS) is 1. The number of aliphatic carboxylic acids is 1. The van der Waals surface area contributed by atoms with E-state index >= 15 is 0 Å². The summed E-state index contributed by atoms with van der Waals surface area (Å²) >= 11 is 0. The first-order valence-corrected chi connectivity index (χ1v) is 12.8. The van der Waals surface area contributed by atoms with Crippen LogP contribution in [0.5, 0.6) is 5.75 Å². The minimum Gasteiger partial charge on any atom is -0.494 e. The summed E-state index contributed by atoms with van der Waals surface area (Å²) in [4.78, 5) is 26.1. The van der Waals surface area contributed by atoms with Gasteiger partial charge in [-0.2, -0.15) is 0 Å². The highest BCUT2D eigenvalue weighted by Crippen LogP contribution is 2.25. The maximum atomic E-state index is 13.1. The van der Waals surface area contributed by atoms with Crippen molar-refractivity contribution in [3.63, 3.8) is 0 Å². The van der Waals surface area contributed by atoms with Crippen molar-refractivity contribution in [3.8, 4) is 17.1 Å². The Morgan fingerprint density at radius 3 is 2.39 bits per heavy atom. The van der Waals surface area contributed by atoms with Crippen LogP contribution in [-0.2, 0) is 22.5 Å². The number of carbonyl (C=O) groups is 2. The molecule has 1 unspecified atom stereocenters. The molecule has 3 aromatic carbocycles. The summed E-state index contributed by atoms with van der Waals surface area (Å²) in [5.74, 6) is 1.11. The minimum absolute atomic E-state index is 0.0946. The fourth-order valence-corrected chi connectivity index (χ4v) is 4.25. The third-order valence-corrected chi connectivity index (χ3v) is 6.24. The Bertz CT molecular complexity index is 1390. The Kier molecular flexibility index (Phi) is 8.81. The summed E-state index contributed by atoms with van der Waals surface area (Å²) < 4.78 is 17.0. The van der Waals surface area contributed by atoms with Gasteiger partial charge < -0.3 is 23.9 Å². The number of rotatable bonds is 12. The van der Waals surface area contributed by atoms with E-state index in [0.29, 0.717) is 43.3 Å². The zero-order valence-electron chi connectivity index (χ0n) is 22.0. The summed E-state index contributed by atoms with van der Waals surface area (Å²) in [5.41, 5.74) is 2.34. The van der Waals surface area contributed by atoms with E-state index in [4.69, 9.17) is 13.9 Å². The van der Waals surface area contributed by atoms with Crippen molar-refractivity contribution in [2.24, 2.45) is 0 Å². The normalized spacial score (nSPS) is 11.9. The third-order valence-electron chi connectivity index (χ3n) is 6.24. The molecule has 0 bridgehead atoms. The lowest BCUT2D eigenvalue weighted by Crippen LogP contribution is -2.26. The van der Waals surface area contributed by atoms with E-state index < -0.39 is 12.1 Å². The topological polar surface area (TPSA) is 89.2 Å². The van der Waals surface area contributed by atoms with Gasteiger partial charge in [-0.3, -0.25) is 4.79 Å². The molecule has 1 N–H and O–H groups in total. The van der Waals surface area contributed by atoms with Crippen LogP contribution in [0.1, 0.15) is 41.9 Å². The number of hydrogen-bond donors (Lipinski definition) is 1. The summed E-state index contributed by atoms with van der Waals surface area (Å²) in [7, 11) is 1.75. The number of ether oxygens (including phenoxy) is 2. The van der Waals surface area contributed by atoms with Crippen molar-refractivity contribution in [1.29, 1.82) is 0 Å². The van der Waals surface area contributed by atoms with E-state index in [1.54, 1.807) is 18.9 Å². The Hall–Kier alpha value is -4.10. The van der Waals surface area contributed by atoms with E-state index in [0.717, 1.165) is 34.1 Å². The molecule has 0 fully saturated rings. The number of nitrogens with zero attached hydrogens (tertiary/aromatic N) is 1. The second-order valence-corrected chi connectivity index (χ2v) is 9.18. The van der Waals surface area contributed by atoms with Gasteiger partial charge in [-0.25, -0.2) is 4.79 Å². The number of carboxylic acids is 1. The Balaban J connectivity index is 1.39. The summed E-state index contributed by atoms with van der Waals surface area (Å²) in [5, 5.41) is 11.3. The second-order valence-electron chi connectivity index (χ2n) is 9.18. The molecule has 0 aliphatic rings. The minimum atomic E-state index is -0.972. The van der Waals surface area contributed by atoms with Crippen molar-refractivity contribution >= 4 is 22.6 Å². The van der Waals surface area contributed by atoms with E-state index in [2.05, 4.69) is 6.92 Å². The smallest absolute Gasteiger partial charge is 0.333 e. The van der Waals surface area contributed by atoms with Crippen molar-refractivity contribution in [2.75, 3.05) is 20.3 Å². The molecule has 4 rings (SSSR count). The molecule has 1 amide bonds. The van der Waals surface area contributed by atoms with Gasteiger partial charge in [-0.05, 0) is 66.1 Å². The molecule has 0 spiro atoms. The van der Waals surface area contributed by atoms with Crippen LogP contribution in [0.2, 0.25) is 0 Å². The molecule has 0 saturated carbocycles. The van der Waals surface area contributed by atoms with Crippen LogP contribution in [0.15, 0.2) is 77.2 Å². The number of amides is 1. The molecule has 0 radical (unpaired) electrons. The molecule has 0 saturated heterocycles. The van der Waals surface area contributed by atoms with Crippen LogP contribution in [0.3, 0.4) is 0 Å². The second kappa shape index (κ2) is 12.4. The van der Waals surface area contributed by atoms with Gasteiger partial charge in [-0.1, -0.05) is 43.3 Å². The first kappa shape index (κ1) is 26.9. The molecular weight excluding hydrogens is 482 g/mol. The van der Waals surface area contributed by atoms with Crippen LogP contribution in [0.4, 0.5) is 0 Å². The van der Waals surface area contributed by atoms with Crippen LogP contribution in [0, 0.1) is 0 Å². The van der Waals surface area contributed by atoms with Gasteiger partial charge in [0.15, 0.2) is 6.10 Å². The predicted molar refractivity (Wildman–Crippen MR) is 146 cm³/mol. The molecule has 38 heavy (non-hydrogen) atoms. The van der Waals surface area contributed by atoms with Crippen LogP contribution < -0.4 is 4.74 Å². The predicted octanol–water partition coefficient (Wildman–Crippen LogP) is 6.19. The lowest BCUT2D eigenvalue weighted by molar-refractivity contribution is -0.149. The zero-order chi connectivity index (χ0) is 27.1.